The standard InChI is InChI=1S/C16H21NO3S/c1-3-20-16(19)14-5-4-10-17(14)15(18)11-21-13-8-6-12(2)7-9-13/h6-9,14H,3-5,10-11H2,1-2H3. The molecule has 4 nitrogen and oxygen atoms in total. The molecule has 0 N–H and O–H groups in total. The van der Waals surface area contributed by atoms with Crippen molar-refractivity contribution in [1.82, 2.24) is 4.90 Å². The van der Waals surface area contributed by atoms with E-state index in [1.807, 2.05) is 31.2 Å². The number of hydrogen-bond acceptors (Lipinski definition) is 4. The fourth-order valence-corrected chi connectivity index (χ4v) is 3.20. The first-order valence-electron chi connectivity index (χ1n) is 7.27. The quantitative estimate of drug-likeness (QED) is 0.620. The van der Waals surface area contributed by atoms with Gasteiger partial charge in [0, 0.05) is 11.4 Å². The second-order valence-corrected chi connectivity index (χ2v) is 6.15. The van der Waals surface area contributed by atoms with Gasteiger partial charge in [-0.3, -0.25) is 4.79 Å². The minimum atomic E-state index is -0.393. The molecular formula is C16H21NO3S. The van der Waals surface area contributed by atoms with Gasteiger partial charge >= 0.3 is 5.97 Å². The second kappa shape index (κ2) is 7.50. The molecule has 1 aromatic carbocycles. The van der Waals surface area contributed by atoms with Crippen molar-refractivity contribution in [3.63, 3.8) is 0 Å². The van der Waals surface area contributed by atoms with Gasteiger partial charge < -0.3 is 9.64 Å². The average Bonchev–Trinajstić information content (AvgIpc) is 2.96. The normalized spacial score (nSPS) is 17.8. The van der Waals surface area contributed by atoms with E-state index in [0.29, 0.717) is 25.3 Å². The van der Waals surface area contributed by atoms with Gasteiger partial charge in [0.2, 0.25) is 5.91 Å². The summed E-state index contributed by atoms with van der Waals surface area (Å²) in [7, 11) is 0. The van der Waals surface area contributed by atoms with Crippen LogP contribution in [0, 0.1) is 6.92 Å². The maximum absolute atomic E-state index is 12.3. The fraction of sp³-hybridized carbons (Fsp3) is 0.500. The smallest absolute Gasteiger partial charge is 0.328 e. The minimum absolute atomic E-state index is 0.0103. The molecular weight excluding hydrogens is 286 g/mol. The molecule has 5 heteroatoms. The Labute approximate surface area is 129 Å². The largest absolute Gasteiger partial charge is 0.464 e. The average molecular weight is 307 g/mol. The number of thioether (sulfide) groups is 1. The van der Waals surface area contributed by atoms with Gasteiger partial charge in [-0.2, -0.15) is 0 Å². The van der Waals surface area contributed by atoms with Crippen LogP contribution >= 0.6 is 11.8 Å². The minimum Gasteiger partial charge on any atom is -0.464 e. The highest BCUT2D eigenvalue weighted by Gasteiger charge is 2.34. The Kier molecular flexibility index (Phi) is 5.67. The van der Waals surface area contributed by atoms with Crippen LogP contribution in [0.1, 0.15) is 25.3 Å². The number of nitrogens with zero attached hydrogens (tertiary/aromatic N) is 1. The molecule has 0 bridgehead atoms. The molecule has 0 spiro atoms. The Morgan fingerprint density at radius 1 is 1.33 bits per heavy atom. The lowest BCUT2D eigenvalue weighted by Gasteiger charge is -2.22. The van der Waals surface area contributed by atoms with Crippen molar-refractivity contribution >= 4 is 23.6 Å². The molecule has 1 aromatic rings. The predicted molar refractivity (Wildman–Crippen MR) is 83.3 cm³/mol. The molecule has 0 aromatic heterocycles. The number of benzene rings is 1. The van der Waals surface area contributed by atoms with Crippen molar-refractivity contribution in [1.29, 1.82) is 0 Å². The lowest BCUT2D eigenvalue weighted by atomic mass is 10.2. The zero-order valence-electron chi connectivity index (χ0n) is 12.5. The Morgan fingerprint density at radius 3 is 2.71 bits per heavy atom. The molecule has 1 atom stereocenters. The van der Waals surface area contributed by atoms with Crippen LogP contribution in [0.2, 0.25) is 0 Å². The van der Waals surface area contributed by atoms with Gasteiger partial charge in [0.05, 0.1) is 12.4 Å². The summed E-state index contributed by atoms with van der Waals surface area (Å²) < 4.78 is 5.04. The van der Waals surface area contributed by atoms with E-state index in [4.69, 9.17) is 4.74 Å². The van der Waals surface area contributed by atoms with E-state index < -0.39 is 6.04 Å². The summed E-state index contributed by atoms with van der Waals surface area (Å²) in [6, 6.07) is 7.70. The molecule has 0 saturated carbocycles. The van der Waals surface area contributed by atoms with Crippen LogP contribution in [0.25, 0.3) is 0 Å². The summed E-state index contributed by atoms with van der Waals surface area (Å²) in [6.07, 6.45) is 1.57. The van der Waals surface area contributed by atoms with Gasteiger partial charge in [0.15, 0.2) is 0 Å². The van der Waals surface area contributed by atoms with Crippen LogP contribution in [0.4, 0.5) is 0 Å². The van der Waals surface area contributed by atoms with Crippen LogP contribution in [0.3, 0.4) is 0 Å². The van der Waals surface area contributed by atoms with Crippen LogP contribution in [0.5, 0.6) is 0 Å². The third-order valence-electron chi connectivity index (χ3n) is 3.52. The third kappa shape index (κ3) is 4.24. The van der Waals surface area contributed by atoms with Crippen LogP contribution in [-0.2, 0) is 14.3 Å². The molecule has 1 saturated heterocycles. The Hall–Kier alpha value is -1.49. The number of ether oxygens (including phenoxy) is 1. The number of esters is 1. The van der Waals surface area contributed by atoms with Crippen molar-refractivity contribution in [3.05, 3.63) is 29.8 Å². The van der Waals surface area contributed by atoms with Crippen molar-refractivity contribution < 1.29 is 14.3 Å². The molecule has 0 aliphatic carbocycles. The zero-order chi connectivity index (χ0) is 15.2. The number of carbonyl (C=O) groups excluding carboxylic acids is 2. The topological polar surface area (TPSA) is 46.6 Å². The van der Waals surface area contributed by atoms with Crippen molar-refractivity contribution in [3.8, 4) is 0 Å². The van der Waals surface area contributed by atoms with E-state index in [1.165, 1.54) is 17.3 Å². The Morgan fingerprint density at radius 2 is 2.05 bits per heavy atom. The predicted octanol–water partition coefficient (Wildman–Crippen LogP) is 2.64. The van der Waals surface area contributed by atoms with Gasteiger partial charge in [0.25, 0.3) is 0 Å². The second-order valence-electron chi connectivity index (χ2n) is 5.10. The van der Waals surface area contributed by atoms with E-state index in [9.17, 15) is 9.59 Å². The molecule has 2 rings (SSSR count). The summed E-state index contributed by atoms with van der Waals surface area (Å²) >= 11 is 1.51. The third-order valence-corrected chi connectivity index (χ3v) is 4.51. The number of hydrogen-bond donors (Lipinski definition) is 0. The Bertz CT molecular complexity index is 501. The molecule has 21 heavy (non-hydrogen) atoms. The maximum Gasteiger partial charge on any atom is 0.328 e. The first kappa shape index (κ1) is 15.9. The van der Waals surface area contributed by atoms with Gasteiger partial charge in [-0.1, -0.05) is 17.7 Å². The molecule has 1 fully saturated rings. The summed E-state index contributed by atoms with van der Waals surface area (Å²) in [5.74, 6) is 0.0960. The van der Waals surface area contributed by atoms with Crippen LogP contribution in [0.15, 0.2) is 29.2 Å². The molecule has 1 heterocycles. The molecule has 0 radical (unpaired) electrons. The number of amides is 1. The highest BCUT2D eigenvalue weighted by Crippen LogP contribution is 2.23. The zero-order valence-corrected chi connectivity index (χ0v) is 13.3. The monoisotopic (exact) mass is 307 g/mol. The summed E-state index contributed by atoms with van der Waals surface area (Å²) in [5.41, 5.74) is 1.20. The number of rotatable bonds is 5. The van der Waals surface area contributed by atoms with Gasteiger partial charge in [0.1, 0.15) is 6.04 Å². The summed E-state index contributed by atoms with van der Waals surface area (Å²) in [4.78, 5) is 26.9. The SMILES string of the molecule is CCOC(=O)C1CCCN1C(=O)CSc1ccc(C)cc1. The van der Waals surface area contributed by atoms with E-state index >= 15 is 0 Å². The number of aryl methyl sites for hydroxylation is 1. The molecule has 114 valence electrons. The molecule has 1 unspecified atom stereocenters. The molecule has 1 amide bonds. The Balaban J connectivity index is 1.90. The van der Waals surface area contributed by atoms with Crippen molar-refractivity contribution in [2.24, 2.45) is 0 Å². The highest BCUT2D eigenvalue weighted by molar-refractivity contribution is 8.00. The molecule has 1 aliphatic rings. The first-order valence-corrected chi connectivity index (χ1v) is 8.26. The summed E-state index contributed by atoms with van der Waals surface area (Å²) in [5, 5.41) is 0. The van der Waals surface area contributed by atoms with Gasteiger partial charge in [-0.25, -0.2) is 4.79 Å². The van der Waals surface area contributed by atoms with Crippen LogP contribution < -0.4 is 0 Å². The fourth-order valence-electron chi connectivity index (χ4n) is 2.41. The maximum atomic E-state index is 12.3. The van der Waals surface area contributed by atoms with E-state index in [0.717, 1.165) is 11.3 Å². The number of likely N-dealkylation sites (tertiary alicyclic amines) is 1. The van der Waals surface area contributed by atoms with Crippen molar-refractivity contribution in [2.45, 2.75) is 37.6 Å². The van der Waals surface area contributed by atoms with E-state index in [1.54, 1.807) is 11.8 Å². The van der Waals surface area contributed by atoms with E-state index in [2.05, 4.69) is 0 Å². The van der Waals surface area contributed by atoms with E-state index in [-0.39, 0.29) is 11.9 Å². The summed E-state index contributed by atoms with van der Waals surface area (Å²) in [6.45, 7) is 4.83. The number of carbonyl (C=O) groups is 2. The lowest BCUT2D eigenvalue weighted by molar-refractivity contribution is -0.152. The first-order chi connectivity index (χ1) is 10.1. The lowest BCUT2D eigenvalue weighted by Crippen LogP contribution is -2.42. The highest BCUT2D eigenvalue weighted by atomic mass is 32.2. The van der Waals surface area contributed by atoms with Crippen LogP contribution in [-0.4, -0.2) is 41.7 Å². The van der Waals surface area contributed by atoms with Gasteiger partial charge in [-0.05, 0) is 38.8 Å². The molecule has 1 aliphatic heterocycles. The van der Waals surface area contributed by atoms with Gasteiger partial charge in [-0.15, -0.1) is 11.8 Å². The van der Waals surface area contributed by atoms with Crippen molar-refractivity contribution in [2.75, 3.05) is 18.9 Å².